The molecule has 128 valence electrons. The Morgan fingerprint density at radius 2 is 2.08 bits per heavy atom. The molecule has 1 aromatic heterocycles. The third-order valence-electron chi connectivity index (χ3n) is 5.24. The van der Waals surface area contributed by atoms with Crippen LogP contribution in [0, 0.1) is 11.3 Å². The van der Waals surface area contributed by atoms with E-state index in [1.54, 1.807) is 23.2 Å². The van der Waals surface area contributed by atoms with Crippen molar-refractivity contribution in [2.75, 3.05) is 19.7 Å². The summed E-state index contributed by atoms with van der Waals surface area (Å²) in [5.74, 6) is -0.574. The van der Waals surface area contributed by atoms with Gasteiger partial charge in [-0.1, -0.05) is 18.2 Å². The third kappa shape index (κ3) is 2.54. The van der Waals surface area contributed by atoms with Gasteiger partial charge in [0.15, 0.2) is 0 Å². The van der Waals surface area contributed by atoms with Gasteiger partial charge in [-0.05, 0) is 30.2 Å². The minimum Gasteiger partial charge on any atom is -0.493 e. The van der Waals surface area contributed by atoms with E-state index in [1.807, 2.05) is 24.3 Å². The molecule has 25 heavy (non-hydrogen) atoms. The van der Waals surface area contributed by atoms with Gasteiger partial charge >= 0.3 is 5.97 Å². The fourth-order valence-corrected chi connectivity index (χ4v) is 3.85. The van der Waals surface area contributed by atoms with Gasteiger partial charge in [0.2, 0.25) is 0 Å². The SMILES string of the molecule is O=C(c1cccnc1)N1C[C@H]2COc3ccccc3C[C@@]2(C(=O)O)C1. The summed E-state index contributed by atoms with van der Waals surface area (Å²) in [6.45, 7) is 0.840. The van der Waals surface area contributed by atoms with Crippen LogP contribution in [0.3, 0.4) is 0 Å². The van der Waals surface area contributed by atoms with Crippen LogP contribution in [0.1, 0.15) is 15.9 Å². The topological polar surface area (TPSA) is 79.7 Å². The highest BCUT2D eigenvalue weighted by Crippen LogP contribution is 2.44. The molecule has 0 unspecified atom stereocenters. The first-order valence-corrected chi connectivity index (χ1v) is 8.23. The molecule has 6 nitrogen and oxygen atoms in total. The van der Waals surface area contributed by atoms with E-state index in [1.165, 1.54) is 6.20 Å². The van der Waals surface area contributed by atoms with Gasteiger partial charge in [0.05, 0.1) is 17.6 Å². The van der Waals surface area contributed by atoms with Crippen LogP contribution in [-0.2, 0) is 11.2 Å². The highest BCUT2D eigenvalue weighted by molar-refractivity contribution is 5.95. The number of likely N-dealkylation sites (tertiary alicyclic amines) is 1. The molecule has 3 heterocycles. The average Bonchev–Trinajstić information content (AvgIpc) is 2.93. The zero-order valence-electron chi connectivity index (χ0n) is 13.6. The fourth-order valence-electron chi connectivity index (χ4n) is 3.85. The minimum absolute atomic E-state index is 0.179. The van der Waals surface area contributed by atoms with E-state index in [-0.39, 0.29) is 18.4 Å². The van der Waals surface area contributed by atoms with Crippen molar-refractivity contribution in [3.05, 3.63) is 59.9 Å². The van der Waals surface area contributed by atoms with Crippen LogP contribution in [0.15, 0.2) is 48.8 Å². The molecule has 1 N–H and O–H groups in total. The Kier molecular flexibility index (Phi) is 3.67. The molecule has 0 aliphatic carbocycles. The maximum Gasteiger partial charge on any atom is 0.312 e. The lowest BCUT2D eigenvalue weighted by molar-refractivity contribution is -0.150. The average molecular weight is 338 g/mol. The normalized spacial score (nSPS) is 24.6. The lowest BCUT2D eigenvalue weighted by atomic mass is 9.74. The molecule has 0 spiro atoms. The number of carbonyl (C=O) groups is 2. The van der Waals surface area contributed by atoms with E-state index >= 15 is 0 Å². The number of carboxylic acids is 1. The molecule has 2 atom stereocenters. The second-order valence-corrected chi connectivity index (χ2v) is 6.68. The number of carbonyl (C=O) groups excluding carboxylic acids is 1. The predicted octanol–water partition coefficient (Wildman–Crippen LogP) is 1.86. The van der Waals surface area contributed by atoms with Crippen LogP contribution in [-0.4, -0.2) is 46.6 Å². The van der Waals surface area contributed by atoms with Gasteiger partial charge in [0, 0.05) is 31.4 Å². The number of aliphatic carboxylic acids is 1. The number of amides is 1. The first kappa shape index (κ1) is 15.6. The van der Waals surface area contributed by atoms with E-state index < -0.39 is 11.4 Å². The van der Waals surface area contributed by atoms with Crippen molar-refractivity contribution in [3.8, 4) is 5.75 Å². The Balaban J connectivity index is 1.67. The summed E-state index contributed by atoms with van der Waals surface area (Å²) in [7, 11) is 0. The Morgan fingerprint density at radius 3 is 2.84 bits per heavy atom. The standard InChI is InChI=1S/C19H18N2O4/c22-17(14-5-3-7-20-9-14)21-10-15-11-25-16-6-2-1-4-13(16)8-19(15,12-21)18(23)24/h1-7,9,15H,8,10-12H2,(H,23,24)/t15-,19+/m0/s1. The number of nitrogens with zero attached hydrogens (tertiary/aromatic N) is 2. The minimum atomic E-state index is -1.02. The van der Waals surface area contributed by atoms with E-state index in [9.17, 15) is 14.7 Å². The van der Waals surface area contributed by atoms with Crippen LogP contribution in [0.25, 0.3) is 0 Å². The number of benzene rings is 1. The number of hydrogen-bond donors (Lipinski definition) is 1. The molecule has 2 aromatic rings. The van der Waals surface area contributed by atoms with E-state index in [0.717, 1.165) is 11.3 Å². The number of hydrogen-bond acceptors (Lipinski definition) is 4. The smallest absolute Gasteiger partial charge is 0.312 e. The number of fused-ring (bicyclic) bond motifs is 2. The number of pyridine rings is 1. The summed E-state index contributed by atoms with van der Waals surface area (Å²) in [6.07, 6.45) is 3.48. The van der Waals surface area contributed by atoms with Crippen LogP contribution in [0.2, 0.25) is 0 Å². The largest absolute Gasteiger partial charge is 0.493 e. The molecule has 1 amide bonds. The van der Waals surface area contributed by atoms with Crippen LogP contribution < -0.4 is 4.74 Å². The number of ether oxygens (including phenoxy) is 1. The molecule has 6 heteroatoms. The van der Waals surface area contributed by atoms with Crippen LogP contribution in [0.5, 0.6) is 5.75 Å². The van der Waals surface area contributed by atoms with Gasteiger partial charge in [-0.3, -0.25) is 14.6 Å². The van der Waals surface area contributed by atoms with Gasteiger partial charge in [-0.25, -0.2) is 0 Å². The number of rotatable bonds is 2. The van der Waals surface area contributed by atoms with Gasteiger partial charge in [0.25, 0.3) is 5.91 Å². The summed E-state index contributed by atoms with van der Waals surface area (Å²) in [5.41, 5.74) is 0.327. The second-order valence-electron chi connectivity index (χ2n) is 6.68. The zero-order chi connectivity index (χ0) is 17.4. The first-order chi connectivity index (χ1) is 12.1. The molecular weight excluding hydrogens is 320 g/mol. The maximum atomic E-state index is 12.7. The fraction of sp³-hybridized carbons (Fsp3) is 0.316. The Hall–Kier alpha value is -2.89. The van der Waals surface area contributed by atoms with Crippen molar-refractivity contribution in [1.82, 2.24) is 9.88 Å². The van der Waals surface area contributed by atoms with E-state index in [2.05, 4.69) is 4.98 Å². The molecular formula is C19H18N2O4. The van der Waals surface area contributed by atoms with Gasteiger partial charge < -0.3 is 14.7 Å². The van der Waals surface area contributed by atoms with Gasteiger partial charge in [0.1, 0.15) is 5.75 Å². The maximum absolute atomic E-state index is 12.7. The number of carboxylic acid groups (broad SMARTS) is 1. The zero-order valence-corrected chi connectivity index (χ0v) is 13.6. The Labute approximate surface area is 145 Å². The summed E-state index contributed by atoms with van der Waals surface area (Å²) in [6, 6.07) is 10.9. The lowest BCUT2D eigenvalue weighted by Gasteiger charge is -2.27. The molecule has 2 aliphatic rings. The second kappa shape index (κ2) is 5.88. The summed E-state index contributed by atoms with van der Waals surface area (Å²) in [5, 5.41) is 10.0. The molecule has 4 rings (SSSR count). The lowest BCUT2D eigenvalue weighted by Crippen LogP contribution is -2.42. The highest BCUT2D eigenvalue weighted by Gasteiger charge is 2.55. The predicted molar refractivity (Wildman–Crippen MR) is 89.3 cm³/mol. The Bertz CT molecular complexity index is 823. The quantitative estimate of drug-likeness (QED) is 0.904. The Morgan fingerprint density at radius 1 is 1.24 bits per heavy atom. The van der Waals surface area contributed by atoms with Crippen LogP contribution in [0.4, 0.5) is 0 Å². The molecule has 2 aliphatic heterocycles. The van der Waals surface area contributed by atoms with Crippen molar-refractivity contribution in [1.29, 1.82) is 0 Å². The summed E-state index contributed by atoms with van der Waals surface area (Å²) >= 11 is 0. The van der Waals surface area contributed by atoms with Gasteiger partial charge in [-0.15, -0.1) is 0 Å². The monoisotopic (exact) mass is 338 g/mol. The van der Waals surface area contributed by atoms with Crippen LogP contribution >= 0.6 is 0 Å². The van der Waals surface area contributed by atoms with Crippen molar-refractivity contribution >= 4 is 11.9 Å². The highest BCUT2D eigenvalue weighted by atomic mass is 16.5. The summed E-state index contributed by atoms with van der Waals surface area (Å²) in [4.78, 5) is 30.6. The van der Waals surface area contributed by atoms with Crippen molar-refractivity contribution in [2.45, 2.75) is 6.42 Å². The van der Waals surface area contributed by atoms with Crippen molar-refractivity contribution in [2.24, 2.45) is 11.3 Å². The van der Waals surface area contributed by atoms with Crippen molar-refractivity contribution < 1.29 is 19.4 Å². The number of aromatic nitrogens is 1. The van der Waals surface area contributed by atoms with Crippen molar-refractivity contribution in [3.63, 3.8) is 0 Å². The molecule has 1 saturated heterocycles. The van der Waals surface area contributed by atoms with E-state index in [0.29, 0.717) is 25.1 Å². The first-order valence-electron chi connectivity index (χ1n) is 8.23. The summed E-state index contributed by atoms with van der Waals surface area (Å²) < 4.78 is 5.86. The molecule has 0 bridgehead atoms. The third-order valence-corrected chi connectivity index (χ3v) is 5.24. The van der Waals surface area contributed by atoms with E-state index in [4.69, 9.17) is 4.74 Å². The molecule has 0 radical (unpaired) electrons. The molecule has 1 fully saturated rings. The number of para-hydroxylation sites is 1. The molecule has 0 saturated carbocycles. The van der Waals surface area contributed by atoms with Gasteiger partial charge in [-0.2, -0.15) is 0 Å². The molecule has 1 aromatic carbocycles.